The molecule has 4 nitrogen and oxygen atoms in total. The first-order valence-corrected chi connectivity index (χ1v) is 5.07. The molecule has 0 N–H and O–H groups in total. The maximum atomic E-state index is 8.27. The molecule has 0 unspecified atom stereocenters. The third kappa shape index (κ3) is 1.51. The van der Waals surface area contributed by atoms with E-state index in [1.807, 2.05) is 0 Å². The topological polar surface area (TPSA) is 58.0 Å². The molecule has 0 atom stereocenters. The Hall–Kier alpha value is -0.990. The summed E-state index contributed by atoms with van der Waals surface area (Å²) in [5.74, 6) is 0. The lowest BCUT2D eigenvalue weighted by Gasteiger charge is -2.47. The highest BCUT2D eigenvalue weighted by atomic mass is 16.5. The SMILES string of the molecule is C=C(CN=[N+]=[N-])C12CCC(CC1)OC2. The molecule has 0 aromatic heterocycles. The molecule has 14 heavy (non-hydrogen) atoms. The minimum atomic E-state index is 0.114. The van der Waals surface area contributed by atoms with Gasteiger partial charge in [-0.1, -0.05) is 17.3 Å². The fourth-order valence-corrected chi connectivity index (χ4v) is 2.47. The molecule has 0 spiro atoms. The van der Waals surface area contributed by atoms with Crippen molar-refractivity contribution in [2.75, 3.05) is 13.2 Å². The number of fused-ring (bicyclic) bond motifs is 3. The average molecular weight is 193 g/mol. The van der Waals surface area contributed by atoms with Crippen LogP contribution in [0.25, 0.3) is 10.4 Å². The molecule has 1 saturated carbocycles. The van der Waals surface area contributed by atoms with Crippen LogP contribution in [-0.4, -0.2) is 19.3 Å². The van der Waals surface area contributed by atoms with Gasteiger partial charge in [-0.2, -0.15) is 0 Å². The van der Waals surface area contributed by atoms with Crippen molar-refractivity contribution in [2.24, 2.45) is 10.5 Å². The van der Waals surface area contributed by atoms with E-state index < -0.39 is 0 Å². The predicted octanol–water partition coefficient (Wildman–Crippen LogP) is 2.81. The Morgan fingerprint density at radius 3 is 2.79 bits per heavy atom. The van der Waals surface area contributed by atoms with Gasteiger partial charge in [0.05, 0.1) is 12.7 Å². The first kappa shape index (κ1) is 9.56. The van der Waals surface area contributed by atoms with Crippen LogP contribution in [0.5, 0.6) is 0 Å². The summed E-state index contributed by atoms with van der Waals surface area (Å²) in [5, 5.41) is 3.58. The van der Waals surface area contributed by atoms with Crippen molar-refractivity contribution in [1.29, 1.82) is 0 Å². The molecule has 2 heterocycles. The van der Waals surface area contributed by atoms with Gasteiger partial charge in [-0.05, 0) is 31.2 Å². The molecule has 3 aliphatic rings. The summed E-state index contributed by atoms with van der Waals surface area (Å²) in [6.07, 6.45) is 5.04. The molecule has 3 rings (SSSR count). The Bertz CT molecular complexity index is 272. The summed E-state index contributed by atoms with van der Waals surface area (Å²) in [4.78, 5) is 2.77. The van der Waals surface area contributed by atoms with E-state index in [4.69, 9.17) is 10.3 Å². The smallest absolute Gasteiger partial charge is 0.0576 e. The Balaban J connectivity index is 2.06. The van der Waals surface area contributed by atoms with Gasteiger partial charge in [0.15, 0.2) is 0 Å². The van der Waals surface area contributed by atoms with Crippen molar-refractivity contribution in [1.82, 2.24) is 0 Å². The molecule has 0 radical (unpaired) electrons. The molecule has 0 aromatic rings. The number of ether oxygens (including phenoxy) is 1. The van der Waals surface area contributed by atoms with Crippen LogP contribution in [-0.2, 0) is 4.74 Å². The first-order chi connectivity index (χ1) is 6.77. The maximum absolute atomic E-state index is 8.27. The Morgan fingerprint density at radius 1 is 1.57 bits per heavy atom. The second-order valence-corrected chi connectivity index (χ2v) is 4.28. The molecular formula is C10H15N3O. The molecule has 0 amide bonds. The number of hydrogen-bond acceptors (Lipinski definition) is 2. The number of azide groups is 1. The second kappa shape index (κ2) is 3.64. The van der Waals surface area contributed by atoms with E-state index in [1.165, 1.54) is 0 Å². The standard InChI is InChI=1S/C10H15N3O/c1-8(6-12-13-11)10-4-2-9(3-5-10)14-7-10/h9H,1-7H2. The van der Waals surface area contributed by atoms with Gasteiger partial charge in [0.2, 0.25) is 0 Å². The van der Waals surface area contributed by atoms with Crippen LogP contribution in [0.3, 0.4) is 0 Å². The van der Waals surface area contributed by atoms with Gasteiger partial charge in [-0.3, -0.25) is 0 Å². The molecule has 2 saturated heterocycles. The zero-order valence-corrected chi connectivity index (χ0v) is 8.28. The third-order valence-electron chi connectivity index (χ3n) is 3.56. The lowest BCUT2D eigenvalue weighted by atomic mass is 9.67. The molecule has 3 fully saturated rings. The van der Waals surface area contributed by atoms with Crippen LogP contribution in [0.2, 0.25) is 0 Å². The van der Waals surface area contributed by atoms with Crippen LogP contribution >= 0.6 is 0 Å². The number of hydrogen-bond donors (Lipinski definition) is 0. The second-order valence-electron chi connectivity index (χ2n) is 4.28. The van der Waals surface area contributed by atoms with Crippen molar-refractivity contribution in [2.45, 2.75) is 31.8 Å². The summed E-state index contributed by atoms with van der Waals surface area (Å²) in [7, 11) is 0. The fourth-order valence-electron chi connectivity index (χ4n) is 2.47. The van der Waals surface area contributed by atoms with E-state index in [0.29, 0.717) is 12.6 Å². The van der Waals surface area contributed by atoms with Crippen LogP contribution in [0.1, 0.15) is 25.7 Å². The van der Waals surface area contributed by atoms with E-state index in [9.17, 15) is 0 Å². The summed E-state index contributed by atoms with van der Waals surface area (Å²) < 4.78 is 5.69. The maximum Gasteiger partial charge on any atom is 0.0576 e. The lowest BCUT2D eigenvalue weighted by Crippen LogP contribution is -2.43. The van der Waals surface area contributed by atoms with Gasteiger partial charge in [0, 0.05) is 16.9 Å². The van der Waals surface area contributed by atoms with Crippen molar-refractivity contribution in [3.05, 3.63) is 22.6 Å². The molecule has 2 bridgehead atoms. The van der Waals surface area contributed by atoms with E-state index in [0.717, 1.165) is 37.9 Å². The summed E-state index contributed by atoms with van der Waals surface area (Å²) >= 11 is 0. The highest BCUT2D eigenvalue weighted by Gasteiger charge is 2.42. The van der Waals surface area contributed by atoms with Gasteiger partial charge in [-0.15, -0.1) is 0 Å². The molecule has 76 valence electrons. The minimum absolute atomic E-state index is 0.114. The normalized spacial score (nSPS) is 35.0. The fraction of sp³-hybridized carbons (Fsp3) is 0.800. The summed E-state index contributed by atoms with van der Waals surface area (Å²) in [6.45, 7) is 5.24. The van der Waals surface area contributed by atoms with Gasteiger partial charge in [0.1, 0.15) is 0 Å². The highest BCUT2D eigenvalue weighted by molar-refractivity contribution is 5.16. The molecule has 0 aromatic carbocycles. The number of rotatable bonds is 3. The van der Waals surface area contributed by atoms with Crippen molar-refractivity contribution < 1.29 is 4.74 Å². The summed E-state index contributed by atoms with van der Waals surface area (Å²) in [6, 6.07) is 0. The minimum Gasteiger partial charge on any atom is -0.377 e. The van der Waals surface area contributed by atoms with Crippen molar-refractivity contribution in [3.63, 3.8) is 0 Å². The van der Waals surface area contributed by atoms with Crippen molar-refractivity contribution >= 4 is 0 Å². The third-order valence-corrected chi connectivity index (χ3v) is 3.56. The largest absolute Gasteiger partial charge is 0.377 e. The van der Waals surface area contributed by atoms with E-state index in [1.54, 1.807) is 0 Å². The van der Waals surface area contributed by atoms with E-state index >= 15 is 0 Å². The van der Waals surface area contributed by atoms with Gasteiger partial charge >= 0.3 is 0 Å². The number of nitrogens with zero attached hydrogens (tertiary/aromatic N) is 3. The molecule has 4 heteroatoms. The Labute approximate surface area is 83.6 Å². The Morgan fingerprint density at radius 2 is 2.29 bits per heavy atom. The zero-order chi connectivity index (χ0) is 10.0. The monoisotopic (exact) mass is 193 g/mol. The highest BCUT2D eigenvalue weighted by Crippen LogP contribution is 2.47. The predicted molar refractivity (Wildman–Crippen MR) is 53.8 cm³/mol. The van der Waals surface area contributed by atoms with Gasteiger partial charge in [-0.25, -0.2) is 0 Å². The molecule has 2 aliphatic heterocycles. The first-order valence-electron chi connectivity index (χ1n) is 5.07. The van der Waals surface area contributed by atoms with Gasteiger partial charge < -0.3 is 4.74 Å². The van der Waals surface area contributed by atoms with Crippen molar-refractivity contribution in [3.8, 4) is 0 Å². The lowest BCUT2D eigenvalue weighted by molar-refractivity contribution is -0.0982. The summed E-state index contributed by atoms with van der Waals surface area (Å²) in [5.41, 5.74) is 9.43. The average Bonchev–Trinajstić information content (AvgIpc) is 2.28. The Kier molecular flexibility index (Phi) is 2.48. The quantitative estimate of drug-likeness (QED) is 0.294. The van der Waals surface area contributed by atoms with Crippen LogP contribution in [0.4, 0.5) is 0 Å². The van der Waals surface area contributed by atoms with Crippen LogP contribution in [0.15, 0.2) is 17.3 Å². The van der Waals surface area contributed by atoms with Gasteiger partial charge in [0.25, 0.3) is 0 Å². The molecular weight excluding hydrogens is 178 g/mol. The van der Waals surface area contributed by atoms with Crippen LogP contribution < -0.4 is 0 Å². The van der Waals surface area contributed by atoms with E-state index in [-0.39, 0.29) is 5.41 Å². The van der Waals surface area contributed by atoms with E-state index in [2.05, 4.69) is 16.6 Å². The molecule has 1 aliphatic carbocycles. The van der Waals surface area contributed by atoms with Crippen LogP contribution in [0, 0.1) is 5.41 Å². The zero-order valence-electron chi connectivity index (χ0n) is 8.28.